The van der Waals surface area contributed by atoms with Gasteiger partial charge in [-0.2, -0.15) is 5.10 Å². The van der Waals surface area contributed by atoms with Crippen LogP contribution in [-0.2, 0) is 17.7 Å². The van der Waals surface area contributed by atoms with Gasteiger partial charge in [0.25, 0.3) is 0 Å². The molecule has 2 aliphatic rings. The second kappa shape index (κ2) is 7.43. The van der Waals surface area contributed by atoms with Gasteiger partial charge in [0, 0.05) is 29.9 Å². The molecule has 4 aromatic heterocycles. The molecule has 0 spiro atoms. The van der Waals surface area contributed by atoms with Crippen molar-refractivity contribution in [3.63, 3.8) is 0 Å². The molecular formula is C20H20N8O2S. The zero-order valence-corrected chi connectivity index (χ0v) is 17.5. The second-order valence-corrected chi connectivity index (χ2v) is 8.70. The third-order valence-electron chi connectivity index (χ3n) is 5.76. The van der Waals surface area contributed by atoms with Gasteiger partial charge in [-0.3, -0.25) is 5.10 Å². The number of rotatable bonds is 2. The maximum absolute atomic E-state index is 12.9. The molecule has 4 aromatic rings. The van der Waals surface area contributed by atoms with E-state index in [0.29, 0.717) is 45.2 Å². The molecule has 10 nitrogen and oxygen atoms in total. The summed E-state index contributed by atoms with van der Waals surface area (Å²) in [5, 5.41) is 12.3. The van der Waals surface area contributed by atoms with E-state index in [4.69, 9.17) is 4.74 Å². The van der Waals surface area contributed by atoms with Crippen molar-refractivity contribution in [2.45, 2.75) is 13.0 Å². The van der Waals surface area contributed by atoms with E-state index in [1.807, 2.05) is 15.9 Å². The molecule has 1 fully saturated rings. The van der Waals surface area contributed by atoms with Crippen molar-refractivity contribution in [1.82, 2.24) is 34.9 Å². The third-order valence-corrected chi connectivity index (χ3v) is 6.88. The largest absolute Gasteiger partial charge is 0.378 e. The van der Waals surface area contributed by atoms with E-state index in [1.165, 1.54) is 10.4 Å². The highest BCUT2D eigenvalue weighted by Gasteiger charge is 2.29. The van der Waals surface area contributed by atoms with Crippen LogP contribution in [0.1, 0.15) is 10.4 Å². The molecule has 0 unspecified atom stereocenters. The number of nitrogens with one attached hydrogen (secondary N) is 2. The number of nitrogens with zero attached hydrogens (tertiary/aromatic N) is 6. The Bertz CT molecular complexity index is 1280. The molecule has 6 heterocycles. The molecule has 31 heavy (non-hydrogen) atoms. The molecule has 11 heteroatoms. The number of fused-ring (bicyclic) bond motifs is 4. The van der Waals surface area contributed by atoms with Crippen molar-refractivity contribution in [3.05, 3.63) is 35.2 Å². The van der Waals surface area contributed by atoms with Gasteiger partial charge < -0.3 is 19.9 Å². The minimum absolute atomic E-state index is 0.0912. The molecule has 0 aromatic carbocycles. The van der Waals surface area contributed by atoms with Crippen LogP contribution in [0.25, 0.3) is 21.1 Å². The quantitative estimate of drug-likeness (QED) is 0.496. The summed E-state index contributed by atoms with van der Waals surface area (Å²) in [5.74, 6) is 1.44. The number of amides is 2. The minimum Gasteiger partial charge on any atom is -0.378 e. The number of morpholine rings is 1. The van der Waals surface area contributed by atoms with E-state index in [0.717, 1.165) is 33.4 Å². The fraction of sp³-hybridized carbons (Fsp3) is 0.350. The van der Waals surface area contributed by atoms with E-state index >= 15 is 0 Å². The van der Waals surface area contributed by atoms with E-state index < -0.39 is 0 Å². The SMILES string of the molecule is O=C(N1CCOCC1)N1CCc2c(sc3ncnc(Nc4cc5cn[nH]c5cn4)c23)C1. The van der Waals surface area contributed by atoms with Crippen LogP contribution in [0.15, 0.2) is 24.8 Å². The molecular weight excluding hydrogens is 416 g/mol. The van der Waals surface area contributed by atoms with Crippen molar-refractivity contribution in [1.29, 1.82) is 0 Å². The van der Waals surface area contributed by atoms with Crippen molar-refractivity contribution >= 4 is 50.1 Å². The second-order valence-electron chi connectivity index (χ2n) is 7.61. The lowest BCUT2D eigenvalue weighted by atomic mass is 10.1. The Morgan fingerprint density at radius 3 is 2.94 bits per heavy atom. The molecule has 2 aliphatic heterocycles. The number of anilines is 2. The van der Waals surface area contributed by atoms with Gasteiger partial charge in [0.05, 0.1) is 43.1 Å². The van der Waals surface area contributed by atoms with Crippen molar-refractivity contribution in [3.8, 4) is 0 Å². The number of thiophene rings is 1. The standard InChI is InChI=1S/C20H20N8O2S/c29-20(27-3-5-30-6-4-27)28-2-1-13-15(10-28)31-19-17(13)18(22-11-23-19)25-16-7-12-8-24-26-14(12)9-21-16/h7-9,11H,1-6,10H2,(H,24,26)(H,21,22,23,25). The van der Waals surface area contributed by atoms with Crippen molar-refractivity contribution in [2.75, 3.05) is 38.2 Å². The number of H-pyrrole nitrogens is 1. The highest BCUT2D eigenvalue weighted by molar-refractivity contribution is 7.19. The number of carbonyl (C=O) groups excluding carboxylic acids is 1. The van der Waals surface area contributed by atoms with Crippen LogP contribution in [0.4, 0.5) is 16.4 Å². The Kier molecular flexibility index (Phi) is 4.42. The number of pyridine rings is 1. The van der Waals surface area contributed by atoms with Crippen molar-refractivity contribution in [2.24, 2.45) is 0 Å². The van der Waals surface area contributed by atoms with Gasteiger partial charge in [-0.05, 0) is 18.1 Å². The van der Waals surface area contributed by atoms with Crippen LogP contribution in [-0.4, -0.2) is 73.8 Å². The van der Waals surface area contributed by atoms with Gasteiger partial charge in [0.2, 0.25) is 0 Å². The maximum Gasteiger partial charge on any atom is 0.320 e. The van der Waals surface area contributed by atoms with Crippen LogP contribution in [0, 0.1) is 0 Å². The molecule has 158 valence electrons. The first kappa shape index (κ1) is 18.5. The predicted molar refractivity (Wildman–Crippen MR) is 116 cm³/mol. The average Bonchev–Trinajstić information content (AvgIpc) is 3.43. The first-order valence-corrected chi connectivity index (χ1v) is 11.0. The van der Waals surface area contributed by atoms with Gasteiger partial charge in [0.15, 0.2) is 0 Å². The molecule has 0 atom stereocenters. The van der Waals surface area contributed by atoms with Gasteiger partial charge in [-0.1, -0.05) is 0 Å². The summed E-state index contributed by atoms with van der Waals surface area (Å²) >= 11 is 1.63. The van der Waals surface area contributed by atoms with Crippen LogP contribution in [0.3, 0.4) is 0 Å². The summed E-state index contributed by atoms with van der Waals surface area (Å²) in [5.41, 5.74) is 2.11. The van der Waals surface area contributed by atoms with Gasteiger partial charge in [0.1, 0.15) is 22.8 Å². The van der Waals surface area contributed by atoms with Crippen LogP contribution in [0.2, 0.25) is 0 Å². The number of hydrogen-bond donors (Lipinski definition) is 2. The third kappa shape index (κ3) is 3.26. The molecule has 0 aliphatic carbocycles. The number of hydrogen-bond acceptors (Lipinski definition) is 8. The Morgan fingerprint density at radius 1 is 1.13 bits per heavy atom. The first-order valence-electron chi connectivity index (χ1n) is 10.2. The van der Waals surface area contributed by atoms with Crippen molar-refractivity contribution < 1.29 is 9.53 Å². The van der Waals surface area contributed by atoms with E-state index in [2.05, 4.69) is 30.5 Å². The highest BCUT2D eigenvalue weighted by Crippen LogP contribution is 2.38. The Hall–Kier alpha value is -3.31. The summed E-state index contributed by atoms with van der Waals surface area (Å²) in [6.45, 7) is 3.81. The summed E-state index contributed by atoms with van der Waals surface area (Å²) in [7, 11) is 0. The molecule has 2 amide bonds. The van der Waals surface area contributed by atoms with Crippen LogP contribution >= 0.6 is 11.3 Å². The average molecular weight is 437 g/mol. The first-order chi connectivity index (χ1) is 15.3. The van der Waals surface area contributed by atoms with Crippen LogP contribution in [0.5, 0.6) is 0 Å². The Morgan fingerprint density at radius 2 is 2.03 bits per heavy atom. The fourth-order valence-electron chi connectivity index (χ4n) is 4.17. The predicted octanol–water partition coefficient (Wildman–Crippen LogP) is 2.52. The Balaban J connectivity index is 1.30. The highest BCUT2D eigenvalue weighted by atomic mass is 32.1. The lowest BCUT2D eigenvalue weighted by Crippen LogP contribution is -2.49. The van der Waals surface area contributed by atoms with Crippen LogP contribution < -0.4 is 5.32 Å². The van der Waals surface area contributed by atoms with E-state index in [9.17, 15) is 4.79 Å². The zero-order valence-electron chi connectivity index (χ0n) is 16.7. The smallest absolute Gasteiger partial charge is 0.320 e. The van der Waals surface area contributed by atoms with E-state index in [1.54, 1.807) is 30.1 Å². The summed E-state index contributed by atoms with van der Waals surface area (Å²) in [6.07, 6.45) is 5.87. The molecule has 0 bridgehead atoms. The topological polar surface area (TPSA) is 112 Å². The van der Waals surface area contributed by atoms with Gasteiger partial charge in [-0.25, -0.2) is 19.7 Å². The number of carbonyl (C=O) groups is 1. The number of aromatic nitrogens is 5. The van der Waals surface area contributed by atoms with E-state index in [-0.39, 0.29) is 6.03 Å². The summed E-state index contributed by atoms with van der Waals surface area (Å²) in [4.78, 5) is 32.3. The Labute approximate surface area is 181 Å². The lowest BCUT2D eigenvalue weighted by Gasteiger charge is -2.34. The molecule has 6 rings (SSSR count). The molecule has 1 saturated heterocycles. The molecule has 0 saturated carbocycles. The van der Waals surface area contributed by atoms with Gasteiger partial charge in [-0.15, -0.1) is 11.3 Å². The number of aromatic amines is 1. The molecule has 2 N–H and O–H groups in total. The maximum atomic E-state index is 12.9. The monoisotopic (exact) mass is 436 g/mol. The lowest BCUT2D eigenvalue weighted by molar-refractivity contribution is 0.0423. The number of ether oxygens (including phenoxy) is 1. The molecule has 0 radical (unpaired) electrons. The summed E-state index contributed by atoms with van der Waals surface area (Å²) in [6, 6.07) is 2.03. The normalized spacial score (nSPS) is 16.6. The fourth-order valence-corrected chi connectivity index (χ4v) is 5.38. The number of urea groups is 1. The summed E-state index contributed by atoms with van der Waals surface area (Å²) < 4.78 is 5.37. The zero-order chi connectivity index (χ0) is 20.8. The van der Waals surface area contributed by atoms with Gasteiger partial charge >= 0.3 is 6.03 Å². The minimum atomic E-state index is 0.0912.